The lowest BCUT2D eigenvalue weighted by Crippen LogP contribution is -2.49. The summed E-state index contributed by atoms with van der Waals surface area (Å²) in [7, 11) is 0. The number of amides is 1. The standard InChI is InChI=1S/C12H23N3O/c1-10-12(16)15(8-4-7-13-10)9-11-5-2-3-6-14-11/h10-11,13-14H,2-9H2,1H3. The van der Waals surface area contributed by atoms with Crippen molar-refractivity contribution in [2.45, 2.75) is 44.7 Å². The van der Waals surface area contributed by atoms with Crippen molar-refractivity contribution in [1.82, 2.24) is 15.5 Å². The summed E-state index contributed by atoms with van der Waals surface area (Å²) in [4.78, 5) is 14.1. The second kappa shape index (κ2) is 5.64. The Hall–Kier alpha value is -0.610. The first-order valence-electron chi connectivity index (χ1n) is 6.53. The van der Waals surface area contributed by atoms with Crippen LogP contribution in [0.25, 0.3) is 0 Å². The number of carbonyl (C=O) groups excluding carboxylic acids is 1. The van der Waals surface area contributed by atoms with Crippen LogP contribution in [-0.4, -0.2) is 49.1 Å². The number of hydrogen-bond acceptors (Lipinski definition) is 3. The Morgan fingerprint density at radius 3 is 2.81 bits per heavy atom. The first kappa shape index (κ1) is 11.9. The molecule has 0 aromatic heterocycles. The number of piperidine rings is 1. The minimum absolute atomic E-state index is 0.00825. The Balaban J connectivity index is 1.88. The van der Waals surface area contributed by atoms with Crippen LogP contribution in [0.1, 0.15) is 32.6 Å². The van der Waals surface area contributed by atoms with Gasteiger partial charge in [-0.1, -0.05) is 6.42 Å². The average Bonchev–Trinajstić information content (AvgIpc) is 2.46. The van der Waals surface area contributed by atoms with Gasteiger partial charge in [-0.25, -0.2) is 0 Å². The smallest absolute Gasteiger partial charge is 0.239 e. The molecule has 4 heteroatoms. The molecule has 0 aromatic carbocycles. The molecule has 0 aromatic rings. The summed E-state index contributed by atoms with van der Waals surface area (Å²) in [6, 6.07) is 0.508. The van der Waals surface area contributed by atoms with Gasteiger partial charge in [0, 0.05) is 19.1 Å². The Morgan fingerprint density at radius 1 is 1.25 bits per heavy atom. The van der Waals surface area contributed by atoms with Crippen LogP contribution in [0, 0.1) is 0 Å². The van der Waals surface area contributed by atoms with Gasteiger partial charge in [-0.3, -0.25) is 4.79 Å². The van der Waals surface area contributed by atoms with Crippen LogP contribution >= 0.6 is 0 Å². The zero-order valence-corrected chi connectivity index (χ0v) is 10.2. The van der Waals surface area contributed by atoms with Gasteiger partial charge in [-0.2, -0.15) is 0 Å². The van der Waals surface area contributed by atoms with Gasteiger partial charge in [0.15, 0.2) is 0 Å². The van der Waals surface area contributed by atoms with Crippen LogP contribution < -0.4 is 10.6 Å². The van der Waals surface area contributed by atoms with Crippen LogP contribution in [0.3, 0.4) is 0 Å². The SMILES string of the molecule is CC1NCCCN(CC2CCCCN2)C1=O. The minimum Gasteiger partial charge on any atom is -0.340 e. The fourth-order valence-electron chi connectivity index (χ4n) is 2.59. The lowest BCUT2D eigenvalue weighted by molar-refractivity contribution is -0.132. The summed E-state index contributed by atoms with van der Waals surface area (Å²) in [5.74, 6) is 0.268. The minimum atomic E-state index is -0.00825. The summed E-state index contributed by atoms with van der Waals surface area (Å²) in [6.07, 6.45) is 4.87. The van der Waals surface area contributed by atoms with Crippen molar-refractivity contribution in [3.05, 3.63) is 0 Å². The predicted octanol–water partition coefficient (Wildman–Crippen LogP) is 0.339. The molecule has 2 N–H and O–H groups in total. The topological polar surface area (TPSA) is 44.4 Å². The Morgan fingerprint density at radius 2 is 2.06 bits per heavy atom. The molecule has 0 radical (unpaired) electrons. The number of nitrogens with zero attached hydrogens (tertiary/aromatic N) is 1. The fourth-order valence-corrected chi connectivity index (χ4v) is 2.59. The van der Waals surface area contributed by atoms with Gasteiger partial charge in [0.05, 0.1) is 6.04 Å². The molecule has 2 fully saturated rings. The van der Waals surface area contributed by atoms with Gasteiger partial charge in [-0.05, 0) is 39.3 Å². The van der Waals surface area contributed by atoms with E-state index in [2.05, 4.69) is 10.6 Å². The monoisotopic (exact) mass is 225 g/mol. The first-order chi connectivity index (χ1) is 7.77. The van der Waals surface area contributed by atoms with Crippen LogP contribution in [0.2, 0.25) is 0 Å². The third kappa shape index (κ3) is 2.95. The van der Waals surface area contributed by atoms with E-state index >= 15 is 0 Å². The van der Waals surface area contributed by atoms with E-state index in [1.807, 2.05) is 11.8 Å². The molecule has 1 amide bonds. The Kier molecular flexibility index (Phi) is 4.18. The van der Waals surface area contributed by atoms with Gasteiger partial charge in [-0.15, -0.1) is 0 Å². The summed E-state index contributed by atoms with van der Waals surface area (Å²) in [6.45, 7) is 5.84. The summed E-state index contributed by atoms with van der Waals surface area (Å²) < 4.78 is 0. The molecule has 2 aliphatic rings. The van der Waals surface area contributed by atoms with Crippen LogP contribution in [0.5, 0.6) is 0 Å². The number of hydrogen-bond donors (Lipinski definition) is 2. The molecule has 0 spiro atoms. The van der Waals surface area contributed by atoms with E-state index < -0.39 is 0 Å². The highest BCUT2D eigenvalue weighted by Gasteiger charge is 2.25. The number of nitrogens with one attached hydrogen (secondary N) is 2. The predicted molar refractivity (Wildman–Crippen MR) is 64.3 cm³/mol. The molecule has 0 saturated carbocycles. The zero-order valence-electron chi connectivity index (χ0n) is 10.2. The second-order valence-electron chi connectivity index (χ2n) is 4.96. The molecule has 2 heterocycles. The van der Waals surface area contributed by atoms with E-state index in [4.69, 9.17) is 0 Å². The maximum absolute atomic E-state index is 12.1. The molecule has 2 atom stereocenters. The van der Waals surface area contributed by atoms with E-state index in [0.717, 1.165) is 32.6 Å². The van der Waals surface area contributed by atoms with Gasteiger partial charge >= 0.3 is 0 Å². The van der Waals surface area contributed by atoms with Crippen molar-refractivity contribution in [2.75, 3.05) is 26.2 Å². The third-order valence-corrected chi connectivity index (χ3v) is 3.59. The number of carbonyl (C=O) groups is 1. The number of rotatable bonds is 2. The molecule has 4 nitrogen and oxygen atoms in total. The molecule has 0 bridgehead atoms. The lowest BCUT2D eigenvalue weighted by atomic mass is 10.0. The largest absolute Gasteiger partial charge is 0.340 e. The van der Waals surface area contributed by atoms with E-state index in [0.29, 0.717) is 6.04 Å². The highest BCUT2D eigenvalue weighted by molar-refractivity contribution is 5.81. The van der Waals surface area contributed by atoms with E-state index in [1.165, 1.54) is 19.3 Å². The fraction of sp³-hybridized carbons (Fsp3) is 0.917. The van der Waals surface area contributed by atoms with Crippen molar-refractivity contribution in [3.8, 4) is 0 Å². The van der Waals surface area contributed by atoms with Crippen molar-refractivity contribution in [1.29, 1.82) is 0 Å². The van der Waals surface area contributed by atoms with Crippen LogP contribution in [-0.2, 0) is 4.79 Å². The maximum atomic E-state index is 12.1. The van der Waals surface area contributed by atoms with Gasteiger partial charge in [0.1, 0.15) is 0 Å². The molecule has 2 aliphatic heterocycles. The molecular formula is C12H23N3O. The van der Waals surface area contributed by atoms with Crippen molar-refractivity contribution < 1.29 is 4.79 Å². The molecular weight excluding hydrogens is 202 g/mol. The third-order valence-electron chi connectivity index (χ3n) is 3.59. The highest BCUT2D eigenvalue weighted by atomic mass is 16.2. The van der Waals surface area contributed by atoms with Gasteiger partial charge < -0.3 is 15.5 Å². The normalized spacial score (nSPS) is 32.6. The van der Waals surface area contributed by atoms with Gasteiger partial charge in [0.2, 0.25) is 5.91 Å². The van der Waals surface area contributed by atoms with E-state index in [9.17, 15) is 4.79 Å². The first-order valence-corrected chi connectivity index (χ1v) is 6.53. The van der Waals surface area contributed by atoms with Crippen molar-refractivity contribution in [3.63, 3.8) is 0 Å². The van der Waals surface area contributed by atoms with Gasteiger partial charge in [0.25, 0.3) is 0 Å². The highest BCUT2D eigenvalue weighted by Crippen LogP contribution is 2.10. The molecule has 92 valence electrons. The molecule has 2 saturated heterocycles. The molecule has 2 unspecified atom stereocenters. The summed E-state index contributed by atoms with van der Waals surface area (Å²) in [5.41, 5.74) is 0. The maximum Gasteiger partial charge on any atom is 0.239 e. The molecule has 16 heavy (non-hydrogen) atoms. The summed E-state index contributed by atoms with van der Waals surface area (Å²) in [5, 5.41) is 6.76. The van der Waals surface area contributed by atoms with E-state index in [1.54, 1.807) is 0 Å². The average molecular weight is 225 g/mol. The summed E-state index contributed by atoms with van der Waals surface area (Å²) >= 11 is 0. The lowest BCUT2D eigenvalue weighted by Gasteiger charge is -2.30. The van der Waals surface area contributed by atoms with Crippen LogP contribution in [0.15, 0.2) is 0 Å². The van der Waals surface area contributed by atoms with E-state index in [-0.39, 0.29) is 11.9 Å². The van der Waals surface area contributed by atoms with Crippen LogP contribution in [0.4, 0.5) is 0 Å². The Labute approximate surface area is 97.8 Å². The Bertz CT molecular complexity index is 238. The molecule has 2 rings (SSSR count). The quantitative estimate of drug-likeness (QED) is 0.712. The van der Waals surface area contributed by atoms with Crippen molar-refractivity contribution >= 4 is 5.91 Å². The van der Waals surface area contributed by atoms with Crippen molar-refractivity contribution in [2.24, 2.45) is 0 Å². The molecule has 0 aliphatic carbocycles. The second-order valence-corrected chi connectivity index (χ2v) is 4.96. The zero-order chi connectivity index (χ0) is 11.4.